The van der Waals surface area contributed by atoms with Crippen LogP contribution in [0.5, 0.6) is 5.75 Å². The van der Waals surface area contributed by atoms with Crippen molar-refractivity contribution in [3.8, 4) is 5.75 Å². The predicted octanol–water partition coefficient (Wildman–Crippen LogP) is 6.10. The fraction of sp³-hybridized carbons (Fsp3) is 0.130. The van der Waals surface area contributed by atoms with Gasteiger partial charge in [-0.1, -0.05) is 15.9 Å². The van der Waals surface area contributed by atoms with Gasteiger partial charge in [0, 0.05) is 33.6 Å². The molecule has 0 aromatic heterocycles. The second-order valence-electron chi connectivity index (χ2n) is 6.44. The molecule has 0 saturated carbocycles. The monoisotopic (exact) mass is 489 g/mol. The summed E-state index contributed by atoms with van der Waals surface area (Å²) in [7, 11) is 0. The van der Waals surface area contributed by atoms with Gasteiger partial charge in [0.2, 0.25) is 5.78 Å². The first kappa shape index (κ1) is 22.0. The highest BCUT2D eigenvalue weighted by Gasteiger charge is 2.21. The Balaban J connectivity index is 1.66. The third kappa shape index (κ3) is 5.90. The molecule has 0 aliphatic carbocycles. The highest BCUT2D eigenvalue weighted by molar-refractivity contribution is 9.10. The Morgan fingerprint density at radius 1 is 0.933 bits per heavy atom. The molecule has 3 aromatic rings. The molecule has 1 atom stereocenters. The highest BCUT2D eigenvalue weighted by Crippen LogP contribution is 2.21. The second-order valence-corrected chi connectivity index (χ2v) is 7.73. The lowest BCUT2D eigenvalue weighted by Crippen LogP contribution is -2.28. The summed E-state index contributed by atoms with van der Waals surface area (Å²) < 4.78 is 19.8. The Hall–Kier alpha value is -2.70. The number of hydrogen-bond donors (Lipinski definition) is 1. The van der Waals surface area contributed by atoms with E-state index in [0.29, 0.717) is 29.0 Å². The SMILES string of the molecule is O=C(Nc1ccc(OC(CCCl)C(=O)c2ccc(F)cc2)cc1)c1ccc(Br)cc1. The molecule has 0 fully saturated rings. The predicted molar refractivity (Wildman–Crippen MR) is 119 cm³/mol. The van der Waals surface area contributed by atoms with Gasteiger partial charge in [0.25, 0.3) is 5.91 Å². The summed E-state index contributed by atoms with van der Waals surface area (Å²) in [5.74, 6) is -0.228. The number of benzene rings is 3. The van der Waals surface area contributed by atoms with E-state index >= 15 is 0 Å². The lowest BCUT2D eigenvalue weighted by Gasteiger charge is -2.17. The lowest BCUT2D eigenvalue weighted by atomic mass is 10.0. The molecule has 1 N–H and O–H groups in total. The number of halogens is 3. The van der Waals surface area contributed by atoms with Gasteiger partial charge in [-0.3, -0.25) is 9.59 Å². The van der Waals surface area contributed by atoms with Crippen molar-refractivity contribution in [2.24, 2.45) is 0 Å². The summed E-state index contributed by atoms with van der Waals surface area (Å²) in [6.07, 6.45) is -0.490. The van der Waals surface area contributed by atoms with Crippen molar-refractivity contribution in [1.29, 1.82) is 0 Å². The fourth-order valence-electron chi connectivity index (χ4n) is 2.73. The van der Waals surface area contributed by atoms with Crippen LogP contribution >= 0.6 is 27.5 Å². The lowest BCUT2D eigenvalue weighted by molar-refractivity contribution is 0.0787. The van der Waals surface area contributed by atoms with E-state index in [1.54, 1.807) is 48.5 Å². The molecule has 0 heterocycles. The van der Waals surface area contributed by atoms with Gasteiger partial charge < -0.3 is 10.1 Å². The van der Waals surface area contributed by atoms with Crippen molar-refractivity contribution in [3.63, 3.8) is 0 Å². The van der Waals surface area contributed by atoms with Crippen molar-refractivity contribution in [1.82, 2.24) is 0 Å². The van der Waals surface area contributed by atoms with E-state index in [4.69, 9.17) is 16.3 Å². The Morgan fingerprint density at radius 3 is 2.13 bits per heavy atom. The van der Waals surface area contributed by atoms with Gasteiger partial charge in [0.15, 0.2) is 6.10 Å². The molecule has 154 valence electrons. The molecule has 0 spiro atoms. The quantitative estimate of drug-likeness (QED) is 0.307. The smallest absolute Gasteiger partial charge is 0.255 e. The molecule has 0 aliphatic heterocycles. The van der Waals surface area contributed by atoms with Gasteiger partial charge in [0.1, 0.15) is 11.6 Å². The number of Topliss-reactive ketones (excluding diaryl/α,β-unsaturated/α-hetero) is 1. The van der Waals surface area contributed by atoms with Crippen molar-refractivity contribution >= 4 is 44.9 Å². The first-order valence-electron chi connectivity index (χ1n) is 9.15. The Bertz CT molecular complexity index is 1010. The van der Waals surface area contributed by atoms with E-state index in [2.05, 4.69) is 21.2 Å². The number of rotatable bonds is 8. The first-order valence-corrected chi connectivity index (χ1v) is 10.5. The molecule has 3 aromatic carbocycles. The van der Waals surface area contributed by atoms with Gasteiger partial charge in [0.05, 0.1) is 0 Å². The van der Waals surface area contributed by atoms with Crippen LogP contribution < -0.4 is 10.1 Å². The van der Waals surface area contributed by atoms with Gasteiger partial charge >= 0.3 is 0 Å². The average Bonchev–Trinajstić information content (AvgIpc) is 2.75. The number of ketones is 1. The van der Waals surface area contributed by atoms with Crippen molar-refractivity contribution < 1.29 is 18.7 Å². The molecule has 0 saturated heterocycles. The number of ether oxygens (including phenoxy) is 1. The number of amides is 1. The van der Waals surface area contributed by atoms with Crippen LogP contribution in [0.3, 0.4) is 0 Å². The summed E-state index contributed by atoms with van der Waals surface area (Å²) in [6.45, 7) is 0. The maximum absolute atomic E-state index is 13.1. The minimum atomic E-state index is -0.795. The van der Waals surface area contributed by atoms with Crippen molar-refractivity contribution in [2.75, 3.05) is 11.2 Å². The Kier molecular flexibility index (Phi) is 7.60. The number of hydrogen-bond acceptors (Lipinski definition) is 3. The van der Waals surface area contributed by atoms with E-state index in [1.807, 2.05) is 0 Å². The third-order valence-corrected chi connectivity index (χ3v) is 5.04. The molecule has 7 heteroatoms. The number of nitrogens with one attached hydrogen (secondary N) is 1. The molecule has 4 nitrogen and oxygen atoms in total. The number of anilines is 1. The van der Waals surface area contributed by atoms with Gasteiger partial charge in [-0.25, -0.2) is 4.39 Å². The van der Waals surface area contributed by atoms with E-state index in [1.165, 1.54) is 24.3 Å². The zero-order valence-electron chi connectivity index (χ0n) is 15.8. The minimum Gasteiger partial charge on any atom is -0.482 e. The molecule has 0 bridgehead atoms. The van der Waals surface area contributed by atoms with Gasteiger partial charge in [-0.2, -0.15) is 0 Å². The molecule has 1 amide bonds. The second kappa shape index (κ2) is 10.4. The first-order chi connectivity index (χ1) is 14.5. The topological polar surface area (TPSA) is 55.4 Å². The van der Waals surface area contributed by atoms with Crippen LogP contribution in [0, 0.1) is 5.82 Å². The summed E-state index contributed by atoms with van der Waals surface area (Å²) in [6, 6.07) is 19.0. The van der Waals surface area contributed by atoms with Crippen LogP contribution in [0.2, 0.25) is 0 Å². The number of carbonyl (C=O) groups excluding carboxylic acids is 2. The molecule has 30 heavy (non-hydrogen) atoms. The van der Waals surface area contributed by atoms with Crippen molar-refractivity contribution in [3.05, 3.63) is 94.2 Å². The third-order valence-electron chi connectivity index (χ3n) is 4.29. The highest BCUT2D eigenvalue weighted by atomic mass is 79.9. The average molecular weight is 491 g/mol. The van der Waals surface area contributed by atoms with E-state index in [9.17, 15) is 14.0 Å². The van der Waals surface area contributed by atoms with Crippen LogP contribution in [0.1, 0.15) is 27.1 Å². The summed E-state index contributed by atoms with van der Waals surface area (Å²) in [4.78, 5) is 25.0. The van der Waals surface area contributed by atoms with Crippen LogP contribution in [0.4, 0.5) is 10.1 Å². The van der Waals surface area contributed by atoms with E-state index in [-0.39, 0.29) is 17.6 Å². The normalized spacial score (nSPS) is 11.6. The summed E-state index contributed by atoms with van der Waals surface area (Å²) in [5.41, 5.74) is 1.48. The summed E-state index contributed by atoms with van der Waals surface area (Å²) >= 11 is 9.16. The summed E-state index contributed by atoms with van der Waals surface area (Å²) in [5, 5.41) is 2.80. The zero-order valence-corrected chi connectivity index (χ0v) is 18.1. The molecule has 0 aliphatic rings. The Labute approximate surface area is 187 Å². The van der Waals surface area contributed by atoms with Gasteiger partial charge in [-0.05, 0) is 72.8 Å². The van der Waals surface area contributed by atoms with Crippen molar-refractivity contribution in [2.45, 2.75) is 12.5 Å². The van der Waals surface area contributed by atoms with Crippen LogP contribution in [0.15, 0.2) is 77.3 Å². The minimum absolute atomic E-state index is 0.234. The van der Waals surface area contributed by atoms with Crippen LogP contribution in [0.25, 0.3) is 0 Å². The van der Waals surface area contributed by atoms with Crippen LogP contribution in [-0.2, 0) is 0 Å². The maximum Gasteiger partial charge on any atom is 0.255 e. The van der Waals surface area contributed by atoms with Crippen LogP contribution in [-0.4, -0.2) is 23.7 Å². The molecule has 3 rings (SSSR count). The molecule has 1 unspecified atom stereocenters. The standard InChI is InChI=1S/C23H18BrClFNO3/c24-17-5-1-16(2-6-17)23(29)27-19-9-11-20(12-10-19)30-21(13-14-25)22(28)15-3-7-18(26)8-4-15/h1-12,21H,13-14H2,(H,27,29). The Morgan fingerprint density at radius 2 is 1.53 bits per heavy atom. The fourth-order valence-corrected chi connectivity index (χ4v) is 3.19. The van der Waals surface area contributed by atoms with E-state index in [0.717, 1.165) is 4.47 Å². The van der Waals surface area contributed by atoms with E-state index < -0.39 is 11.9 Å². The maximum atomic E-state index is 13.1. The van der Waals surface area contributed by atoms with Gasteiger partial charge in [-0.15, -0.1) is 11.6 Å². The molecular weight excluding hydrogens is 473 g/mol. The largest absolute Gasteiger partial charge is 0.482 e. The molecular formula is C23H18BrClFNO3. The zero-order chi connectivity index (χ0) is 21.5. The number of alkyl halides is 1. The number of carbonyl (C=O) groups is 2. The molecule has 0 radical (unpaired) electrons.